The molecule has 1 saturated heterocycles. The van der Waals surface area contributed by atoms with Gasteiger partial charge in [0.25, 0.3) is 0 Å². The molecule has 102 valence electrons. The molecule has 18 heavy (non-hydrogen) atoms. The van der Waals surface area contributed by atoms with Crippen molar-refractivity contribution >= 4 is 0 Å². The summed E-state index contributed by atoms with van der Waals surface area (Å²) in [5, 5.41) is 6.95. The summed E-state index contributed by atoms with van der Waals surface area (Å²) in [6, 6.07) is 4.77. The fourth-order valence-corrected chi connectivity index (χ4v) is 2.41. The highest BCUT2D eigenvalue weighted by molar-refractivity contribution is 5.05. The summed E-state index contributed by atoms with van der Waals surface area (Å²) >= 11 is 0. The van der Waals surface area contributed by atoms with Gasteiger partial charge in [-0.25, -0.2) is 0 Å². The van der Waals surface area contributed by atoms with Crippen LogP contribution in [0.5, 0.6) is 0 Å². The first-order valence-electron chi connectivity index (χ1n) is 6.92. The molecule has 2 heterocycles. The third-order valence-corrected chi connectivity index (χ3v) is 3.64. The van der Waals surface area contributed by atoms with Crippen LogP contribution < -0.4 is 10.6 Å². The Kier molecular flexibility index (Phi) is 5.23. The van der Waals surface area contributed by atoms with Gasteiger partial charge < -0.3 is 20.0 Å². The first-order valence-corrected chi connectivity index (χ1v) is 6.92. The largest absolute Gasteiger partial charge is 0.466 e. The van der Waals surface area contributed by atoms with Crippen LogP contribution in [0, 0.1) is 6.92 Å². The summed E-state index contributed by atoms with van der Waals surface area (Å²) in [6.45, 7) is 7.47. The van der Waals surface area contributed by atoms with Crippen molar-refractivity contribution in [2.75, 3.05) is 39.8 Å². The molecule has 0 radical (unpaired) electrons. The van der Waals surface area contributed by atoms with E-state index in [1.165, 1.54) is 6.42 Å². The van der Waals surface area contributed by atoms with Gasteiger partial charge in [-0.3, -0.25) is 0 Å². The minimum Gasteiger partial charge on any atom is -0.466 e. The van der Waals surface area contributed by atoms with Crippen molar-refractivity contribution < 1.29 is 4.42 Å². The highest BCUT2D eigenvalue weighted by Gasteiger charge is 2.17. The number of piperazine rings is 1. The topological polar surface area (TPSA) is 40.4 Å². The molecule has 0 bridgehead atoms. The summed E-state index contributed by atoms with van der Waals surface area (Å²) in [6.07, 6.45) is 2.19. The second-order valence-electron chi connectivity index (χ2n) is 5.14. The summed E-state index contributed by atoms with van der Waals surface area (Å²) < 4.78 is 5.54. The molecule has 1 unspecified atom stereocenters. The molecule has 1 aromatic rings. The zero-order chi connectivity index (χ0) is 12.8. The average Bonchev–Trinajstić information content (AvgIpc) is 2.77. The summed E-state index contributed by atoms with van der Waals surface area (Å²) in [7, 11) is 2.22. The van der Waals surface area contributed by atoms with Crippen molar-refractivity contribution in [3.63, 3.8) is 0 Å². The molecule has 0 aromatic carbocycles. The molecule has 0 saturated carbocycles. The van der Waals surface area contributed by atoms with Crippen molar-refractivity contribution in [2.24, 2.45) is 0 Å². The number of likely N-dealkylation sites (N-methyl/N-ethyl adjacent to an activating group) is 1. The molecular formula is C14H25N3O. The Morgan fingerprint density at radius 2 is 2.33 bits per heavy atom. The number of hydrogen-bond acceptors (Lipinski definition) is 4. The third kappa shape index (κ3) is 4.12. The zero-order valence-electron chi connectivity index (χ0n) is 11.5. The molecule has 1 aliphatic rings. The molecule has 1 atom stereocenters. The van der Waals surface area contributed by atoms with E-state index in [-0.39, 0.29) is 0 Å². The maximum atomic E-state index is 5.54. The van der Waals surface area contributed by atoms with E-state index >= 15 is 0 Å². The lowest BCUT2D eigenvalue weighted by Crippen LogP contribution is -2.50. The summed E-state index contributed by atoms with van der Waals surface area (Å²) in [5.41, 5.74) is 0. The molecule has 1 aromatic heterocycles. The Morgan fingerprint density at radius 3 is 3.06 bits per heavy atom. The molecule has 0 amide bonds. The van der Waals surface area contributed by atoms with Crippen LogP contribution in [0.1, 0.15) is 17.9 Å². The van der Waals surface area contributed by atoms with Gasteiger partial charge in [0.05, 0.1) is 0 Å². The molecule has 2 N–H and O–H groups in total. The predicted molar refractivity (Wildman–Crippen MR) is 73.9 cm³/mol. The van der Waals surface area contributed by atoms with E-state index in [0.29, 0.717) is 6.04 Å². The molecule has 1 fully saturated rings. The standard InChI is InChI=1S/C14H25N3O/c1-12-3-4-14(18-12)6-8-15-7-5-13-11-16-9-10-17(13)2/h3-4,13,15-16H,5-11H2,1-2H3. The normalized spacial score (nSPS) is 21.3. The van der Waals surface area contributed by atoms with E-state index in [9.17, 15) is 0 Å². The smallest absolute Gasteiger partial charge is 0.105 e. The van der Waals surface area contributed by atoms with Gasteiger partial charge in [0.2, 0.25) is 0 Å². The molecule has 2 rings (SSSR count). The molecule has 0 spiro atoms. The predicted octanol–water partition coefficient (Wildman–Crippen LogP) is 1.01. The first-order chi connectivity index (χ1) is 8.75. The van der Waals surface area contributed by atoms with E-state index in [0.717, 1.165) is 50.7 Å². The van der Waals surface area contributed by atoms with Crippen molar-refractivity contribution in [1.82, 2.24) is 15.5 Å². The Bertz CT molecular complexity index is 351. The lowest BCUT2D eigenvalue weighted by molar-refractivity contribution is 0.190. The van der Waals surface area contributed by atoms with Gasteiger partial charge >= 0.3 is 0 Å². The van der Waals surface area contributed by atoms with Crippen LogP contribution in [-0.4, -0.2) is 50.7 Å². The minimum atomic E-state index is 0.678. The second kappa shape index (κ2) is 6.92. The number of nitrogens with zero attached hydrogens (tertiary/aromatic N) is 1. The van der Waals surface area contributed by atoms with Crippen LogP contribution in [0.15, 0.2) is 16.5 Å². The van der Waals surface area contributed by atoms with Gasteiger partial charge in [-0.2, -0.15) is 0 Å². The highest BCUT2D eigenvalue weighted by atomic mass is 16.3. The molecule has 4 heteroatoms. The SMILES string of the molecule is Cc1ccc(CCNCCC2CNCCN2C)o1. The minimum absolute atomic E-state index is 0.678. The van der Waals surface area contributed by atoms with Crippen molar-refractivity contribution in [3.05, 3.63) is 23.7 Å². The third-order valence-electron chi connectivity index (χ3n) is 3.64. The molecular weight excluding hydrogens is 226 g/mol. The van der Waals surface area contributed by atoms with Gasteiger partial charge in [0, 0.05) is 38.6 Å². The molecule has 4 nitrogen and oxygen atoms in total. The van der Waals surface area contributed by atoms with Crippen LogP contribution in [0.3, 0.4) is 0 Å². The van der Waals surface area contributed by atoms with Gasteiger partial charge in [-0.1, -0.05) is 0 Å². The highest BCUT2D eigenvalue weighted by Crippen LogP contribution is 2.06. The van der Waals surface area contributed by atoms with Crippen LogP contribution in [-0.2, 0) is 6.42 Å². The number of hydrogen-bond donors (Lipinski definition) is 2. The molecule has 0 aliphatic carbocycles. The zero-order valence-corrected chi connectivity index (χ0v) is 11.5. The van der Waals surface area contributed by atoms with Crippen LogP contribution in [0.2, 0.25) is 0 Å². The van der Waals surface area contributed by atoms with Crippen LogP contribution in [0.25, 0.3) is 0 Å². The average molecular weight is 251 g/mol. The Balaban J connectivity index is 1.55. The Morgan fingerprint density at radius 1 is 1.44 bits per heavy atom. The number of nitrogens with one attached hydrogen (secondary N) is 2. The summed E-state index contributed by atoms with van der Waals surface area (Å²) in [4.78, 5) is 2.45. The van der Waals surface area contributed by atoms with Crippen molar-refractivity contribution in [3.8, 4) is 0 Å². The van der Waals surface area contributed by atoms with E-state index < -0.39 is 0 Å². The number of rotatable bonds is 6. The van der Waals surface area contributed by atoms with E-state index in [1.54, 1.807) is 0 Å². The fraction of sp³-hybridized carbons (Fsp3) is 0.714. The summed E-state index contributed by atoms with van der Waals surface area (Å²) in [5.74, 6) is 2.08. The molecule has 1 aliphatic heterocycles. The monoisotopic (exact) mass is 251 g/mol. The van der Waals surface area contributed by atoms with Gasteiger partial charge in [0.15, 0.2) is 0 Å². The Hall–Kier alpha value is -0.840. The second-order valence-corrected chi connectivity index (χ2v) is 5.14. The van der Waals surface area contributed by atoms with Crippen molar-refractivity contribution in [2.45, 2.75) is 25.8 Å². The Labute approximate surface area is 110 Å². The lowest BCUT2D eigenvalue weighted by atomic mass is 10.1. The van der Waals surface area contributed by atoms with Gasteiger partial charge in [-0.05, 0) is 39.1 Å². The van der Waals surface area contributed by atoms with E-state index in [4.69, 9.17) is 4.42 Å². The van der Waals surface area contributed by atoms with E-state index in [2.05, 4.69) is 28.6 Å². The van der Waals surface area contributed by atoms with E-state index in [1.807, 2.05) is 13.0 Å². The first kappa shape index (κ1) is 13.6. The number of aryl methyl sites for hydroxylation is 1. The maximum absolute atomic E-state index is 5.54. The number of furan rings is 1. The van der Waals surface area contributed by atoms with Crippen LogP contribution >= 0.6 is 0 Å². The van der Waals surface area contributed by atoms with Gasteiger partial charge in [0.1, 0.15) is 11.5 Å². The van der Waals surface area contributed by atoms with Gasteiger partial charge in [-0.15, -0.1) is 0 Å². The lowest BCUT2D eigenvalue weighted by Gasteiger charge is -2.33. The van der Waals surface area contributed by atoms with Crippen molar-refractivity contribution in [1.29, 1.82) is 0 Å². The van der Waals surface area contributed by atoms with Crippen LogP contribution in [0.4, 0.5) is 0 Å². The fourth-order valence-electron chi connectivity index (χ4n) is 2.41. The maximum Gasteiger partial charge on any atom is 0.105 e. The quantitative estimate of drug-likeness (QED) is 0.741.